The van der Waals surface area contributed by atoms with E-state index in [1.807, 2.05) is 0 Å². The van der Waals surface area contributed by atoms with Crippen molar-refractivity contribution in [2.24, 2.45) is 0 Å². The van der Waals surface area contributed by atoms with Gasteiger partial charge < -0.3 is 14.5 Å². The standard InChI is InChI=1S/C51H36N2O/c1-51(2)43-20-11-23-46-50(43)53(49-42-18-8-6-14-35(42)27-31-47(49)54-46)45-22-10-19-41(48(45)51)36-25-28-38(29-26-36)52(39-30-24-33-12-3-4-15-37(33)32-39)44-21-9-16-34-13-5-7-17-40(34)44/h3-32H,1-2H3. The summed E-state index contributed by atoms with van der Waals surface area (Å²) < 4.78 is 6.67. The molecule has 0 unspecified atom stereocenters. The molecule has 54 heavy (non-hydrogen) atoms. The second-order valence-corrected chi connectivity index (χ2v) is 15.0. The van der Waals surface area contributed by atoms with Crippen molar-refractivity contribution in [3.05, 3.63) is 193 Å². The first-order valence-electron chi connectivity index (χ1n) is 18.7. The largest absolute Gasteiger partial charge is 0.453 e. The summed E-state index contributed by atoms with van der Waals surface area (Å²) in [4.78, 5) is 4.86. The Morgan fingerprint density at radius 3 is 1.94 bits per heavy atom. The molecule has 11 rings (SSSR count). The first kappa shape index (κ1) is 30.8. The van der Waals surface area contributed by atoms with Gasteiger partial charge in [-0.25, -0.2) is 0 Å². The van der Waals surface area contributed by atoms with E-state index >= 15 is 0 Å². The van der Waals surface area contributed by atoms with E-state index in [1.165, 1.54) is 60.3 Å². The molecule has 0 saturated carbocycles. The van der Waals surface area contributed by atoms with Crippen LogP contribution in [0.1, 0.15) is 25.0 Å². The Kier molecular flexibility index (Phi) is 6.60. The third-order valence-electron chi connectivity index (χ3n) is 11.5. The van der Waals surface area contributed by atoms with Gasteiger partial charge in [-0.15, -0.1) is 0 Å². The minimum Gasteiger partial charge on any atom is -0.453 e. The van der Waals surface area contributed by atoms with Crippen molar-refractivity contribution in [1.82, 2.24) is 0 Å². The van der Waals surface area contributed by atoms with Gasteiger partial charge in [0.25, 0.3) is 0 Å². The molecular weight excluding hydrogens is 657 g/mol. The fraction of sp³-hybridized carbons (Fsp3) is 0.0588. The van der Waals surface area contributed by atoms with Gasteiger partial charge in [0.15, 0.2) is 11.5 Å². The minimum absolute atomic E-state index is 0.294. The third kappa shape index (κ3) is 4.48. The van der Waals surface area contributed by atoms with E-state index in [9.17, 15) is 0 Å². The summed E-state index contributed by atoms with van der Waals surface area (Å²) in [5.74, 6) is 1.77. The molecule has 0 fully saturated rings. The molecule has 9 aromatic carbocycles. The molecular formula is C51H36N2O. The first-order chi connectivity index (χ1) is 26.5. The zero-order valence-corrected chi connectivity index (χ0v) is 30.1. The molecule has 9 aromatic rings. The summed E-state index contributed by atoms with van der Waals surface area (Å²) in [5.41, 5.74) is 11.5. The quantitative estimate of drug-likeness (QED) is 0.183. The normalized spacial score (nSPS) is 13.6. The van der Waals surface area contributed by atoms with Crippen LogP contribution in [0.5, 0.6) is 11.5 Å². The maximum Gasteiger partial charge on any atom is 0.152 e. The number of benzene rings is 9. The van der Waals surface area contributed by atoms with Crippen LogP contribution in [-0.4, -0.2) is 0 Å². The Morgan fingerprint density at radius 1 is 0.481 bits per heavy atom. The number of para-hydroxylation sites is 1. The van der Waals surface area contributed by atoms with Crippen LogP contribution in [0.2, 0.25) is 0 Å². The van der Waals surface area contributed by atoms with E-state index in [-0.39, 0.29) is 5.41 Å². The topological polar surface area (TPSA) is 15.7 Å². The number of anilines is 6. The van der Waals surface area contributed by atoms with Crippen LogP contribution in [0, 0.1) is 0 Å². The summed E-state index contributed by atoms with van der Waals surface area (Å²) in [5, 5.41) is 7.26. The molecule has 2 heterocycles. The highest BCUT2D eigenvalue weighted by Gasteiger charge is 2.43. The second-order valence-electron chi connectivity index (χ2n) is 15.0. The Balaban J connectivity index is 1.09. The molecule has 2 aliphatic rings. The summed E-state index contributed by atoms with van der Waals surface area (Å²) >= 11 is 0. The Labute approximate surface area is 314 Å². The molecule has 0 aromatic heterocycles. The fourth-order valence-corrected chi connectivity index (χ4v) is 9.05. The van der Waals surface area contributed by atoms with Crippen molar-refractivity contribution in [1.29, 1.82) is 0 Å². The summed E-state index contributed by atoms with van der Waals surface area (Å²) in [6.07, 6.45) is 0. The van der Waals surface area contributed by atoms with Gasteiger partial charge in [-0.05, 0) is 92.3 Å². The van der Waals surface area contributed by atoms with Crippen molar-refractivity contribution in [2.75, 3.05) is 9.80 Å². The van der Waals surface area contributed by atoms with Crippen LogP contribution in [0.3, 0.4) is 0 Å². The Bertz CT molecular complexity index is 2960. The van der Waals surface area contributed by atoms with Gasteiger partial charge in [-0.2, -0.15) is 0 Å². The minimum atomic E-state index is -0.294. The van der Waals surface area contributed by atoms with Gasteiger partial charge in [-0.3, -0.25) is 0 Å². The fourth-order valence-electron chi connectivity index (χ4n) is 9.05. The van der Waals surface area contributed by atoms with Crippen LogP contribution < -0.4 is 14.5 Å². The molecule has 256 valence electrons. The Morgan fingerprint density at radius 2 is 1.11 bits per heavy atom. The van der Waals surface area contributed by atoms with Crippen molar-refractivity contribution in [2.45, 2.75) is 19.3 Å². The van der Waals surface area contributed by atoms with Crippen molar-refractivity contribution in [3.63, 3.8) is 0 Å². The van der Waals surface area contributed by atoms with Crippen molar-refractivity contribution >= 4 is 66.4 Å². The molecule has 0 bridgehead atoms. The van der Waals surface area contributed by atoms with Gasteiger partial charge in [-0.1, -0.05) is 147 Å². The highest BCUT2D eigenvalue weighted by atomic mass is 16.5. The van der Waals surface area contributed by atoms with E-state index in [2.05, 4.69) is 206 Å². The van der Waals surface area contributed by atoms with Gasteiger partial charge in [0.05, 0.1) is 22.7 Å². The molecule has 0 atom stereocenters. The lowest BCUT2D eigenvalue weighted by Gasteiger charge is -2.46. The number of hydrogen-bond acceptors (Lipinski definition) is 3. The molecule has 0 spiro atoms. The maximum atomic E-state index is 6.67. The average Bonchev–Trinajstić information content (AvgIpc) is 3.22. The van der Waals surface area contributed by atoms with E-state index in [0.717, 1.165) is 39.9 Å². The molecule has 0 aliphatic carbocycles. The number of fused-ring (bicyclic) bond motifs is 8. The van der Waals surface area contributed by atoms with E-state index < -0.39 is 0 Å². The molecule has 0 amide bonds. The molecule has 3 heteroatoms. The summed E-state index contributed by atoms with van der Waals surface area (Å²) in [6.45, 7) is 4.72. The van der Waals surface area contributed by atoms with Crippen molar-refractivity contribution in [3.8, 4) is 22.6 Å². The van der Waals surface area contributed by atoms with Gasteiger partial charge in [0, 0.05) is 27.6 Å². The SMILES string of the molecule is CC1(C)c2cccc3c2N(c2cccc(-c4ccc(N(c5ccc6ccccc6c5)c5cccc6ccccc56)cc4)c21)c1c(ccc2ccccc12)O3. The smallest absolute Gasteiger partial charge is 0.152 e. The molecule has 3 nitrogen and oxygen atoms in total. The Hall–Kier alpha value is -6.84. The number of rotatable bonds is 4. The molecule has 2 aliphatic heterocycles. The highest BCUT2D eigenvalue weighted by molar-refractivity contribution is 6.07. The van der Waals surface area contributed by atoms with Crippen LogP contribution >= 0.6 is 0 Å². The van der Waals surface area contributed by atoms with Gasteiger partial charge in [0.2, 0.25) is 0 Å². The van der Waals surface area contributed by atoms with Gasteiger partial charge in [0.1, 0.15) is 0 Å². The monoisotopic (exact) mass is 692 g/mol. The molecule has 0 N–H and O–H groups in total. The van der Waals surface area contributed by atoms with Crippen LogP contribution in [0.25, 0.3) is 43.4 Å². The average molecular weight is 693 g/mol. The lowest BCUT2D eigenvalue weighted by atomic mass is 9.70. The van der Waals surface area contributed by atoms with Crippen LogP contribution in [-0.2, 0) is 5.41 Å². The zero-order chi connectivity index (χ0) is 36.0. The number of ether oxygens (including phenoxy) is 1. The molecule has 0 radical (unpaired) electrons. The van der Waals surface area contributed by atoms with Crippen LogP contribution in [0.4, 0.5) is 34.1 Å². The predicted octanol–water partition coefficient (Wildman–Crippen LogP) is 14.5. The summed E-state index contributed by atoms with van der Waals surface area (Å²) in [6, 6.07) is 66.0. The zero-order valence-electron chi connectivity index (χ0n) is 30.1. The van der Waals surface area contributed by atoms with Crippen molar-refractivity contribution < 1.29 is 4.74 Å². The van der Waals surface area contributed by atoms with E-state index in [4.69, 9.17) is 4.74 Å². The second kappa shape index (κ2) is 11.6. The maximum absolute atomic E-state index is 6.67. The third-order valence-corrected chi connectivity index (χ3v) is 11.5. The predicted molar refractivity (Wildman–Crippen MR) is 226 cm³/mol. The highest BCUT2D eigenvalue weighted by Crippen LogP contribution is 2.62. The van der Waals surface area contributed by atoms with Crippen LogP contribution in [0.15, 0.2) is 182 Å². The van der Waals surface area contributed by atoms with E-state index in [1.54, 1.807) is 0 Å². The molecule has 0 saturated heterocycles. The number of hydrogen-bond donors (Lipinski definition) is 0. The first-order valence-corrected chi connectivity index (χ1v) is 18.7. The lowest BCUT2D eigenvalue weighted by molar-refractivity contribution is 0.472. The van der Waals surface area contributed by atoms with Gasteiger partial charge >= 0.3 is 0 Å². The summed E-state index contributed by atoms with van der Waals surface area (Å²) in [7, 11) is 0. The lowest BCUT2D eigenvalue weighted by Crippen LogP contribution is -2.33. The van der Waals surface area contributed by atoms with E-state index in [0.29, 0.717) is 0 Å². The number of nitrogens with zero attached hydrogens (tertiary/aromatic N) is 2.